The third-order valence-electron chi connectivity index (χ3n) is 6.21. The minimum absolute atomic E-state index is 0.170. The van der Waals surface area contributed by atoms with Crippen molar-refractivity contribution in [1.82, 2.24) is 9.88 Å². The Morgan fingerprint density at radius 1 is 1.21 bits per heavy atom. The minimum Gasteiger partial charge on any atom is -0.302 e. The summed E-state index contributed by atoms with van der Waals surface area (Å²) in [6, 6.07) is 0. The van der Waals surface area contributed by atoms with Gasteiger partial charge in [0.15, 0.2) is 5.13 Å². The molecule has 2 heterocycles. The third-order valence-corrected chi connectivity index (χ3v) is 7.02. The van der Waals surface area contributed by atoms with Crippen LogP contribution in [-0.4, -0.2) is 28.9 Å². The van der Waals surface area contributed by atoms with Gasteiger partial charge >= 0.3 is 0 Å². The second-order valence-electron chi connectivity index (χ2n) is 8.02. The Morgan fingerprint density at radius 3 is 2.75 bits per heavy atom. The molecule has 0 radical (unpaired) electrons. The van der Waals surface area contributed by atoms with Crippen LogP contribution in [0.25, 0.3) is 0 Å². The van der Waals surface area contributed by atoms with E-state index >= 15 is 0 Å². The number of carbonyl (C=O) groups is 1. The molecular weight excluding hydrogens is 318 g/mol. The molecule has 1 amide bonds. The maximum absolute atomic E-state index is 12.3. The molecule has 3 aliphatic rings. The summed E-state index contributed by atoms with van der Waals surface area (Å²) >= 11 is 1.58. The summed E-state index contributed by atoms with van der Waals surface area (Å²) < 4.78 is 0. The van der Waals surface area contributed by atoms with Crippen LogP contribution in [0.5, 0.6) is 0 Å². The maximum Gasteiger partial charge on any atom is 0.226 e. The number of nitrogens with zero attached hydrogens (tertiary/aromatic N) is 2. The summed E-state index contributed by atoms with van der Waals surface area (Å²) in [6.45, 7) is 3.30. The van der Waals surface area contributed by atoms with Gasteiger partial charge in [-0.25, -0.2) is 4.98 Å². The normalized spacial score (nSPS) is 30.4. The van der Waals surface area contributed by atoms with Crippen LogP contribution in [-0.2, 0) is 11.3 Å². The van der Waals surface area contributed by atoms with Crippen LogP contribution in [0, 0.1) is 17.8 Å². The maximum atomic E-state index is 12.3. The van der Waals surface area contributed by atoms with Crippen LogP contribution < -0.4 is 5.32 Å². The fourth-order valence-corrected chi connectivity index (χ4v) is 5.71. The Kier molecular flexibility index (Phi) is 5.18. The van der Waals surface area contributed by atoms with Crippen molar-refractivity contribution in [3.05, 3.63) is 11.1 Å². The van der Waals surface area contributed by atoms with Crippen molar-refractivity contribution in [3.8, 4) is 0 Å². The lowest BCUT2D eigenvalue weighted by Gasteiger charge is -2.20. The molecule has 24 heavy (non-hydrogen) atoms. The highest BCUT2D eigenvalue weighted by atomic mass is 32.1. The van der Waals surface area contributed by atoms with Crippen LogP contribution >= 0.6 is 11.3 Å². The fourth-order valence-electron chi connectivity index (χ4n) is 5.00. The van der Waals surface area contributed by atoms with Crippen molar-refractivity contribution in [2.45, 2.75) is 64.3 Å². The van der Waals surface area contributed by atoms with E-state index in [1.54, 1.807) is 11.3 Å². The van der Waals surface area contributed by atoms with Gasteiger partial charge in [0.2, 0.25) is 5.91 Å². The molecule has 1 aromatic rings. The zero-order chi connectivity index (χ0) is 16.4. The standard InChI is InChI=1S/C19H29N3OS/c23-18(11-16-10-14-5-6-15(16)9-14)21-19-20-17(13-24-19)12-22-7-3-1-2-4-8-22/h13-16H,1-12H2,(H,20,21,23)/t14-,15-,16+/m0/s1. The average Bonchev–Trinajstić information content (AvgIpc) is 3.23. The van der Waals surface area contributed by atoms with Crippen LogP contribution in [0.15, 0.2) is 5.38 Å². The van der Waals surface area contributed by atoms with Crippen molar-refractivity contribution in [2.75, 3.05) is 18.4 Å². The molecule has 1 aromatic heterocycles. The average molecular weight is 348 g/mol. The van der Waals surface area contributed by atoms with Crippen LogP contribution in [0.1, 0.15) is 63.5 Å². The van der Waals surface area contributed by atoms with Crippen molar-refractivity contribution in [1.29, 1.82) is 0 Å². The highest BCUT2D eigenvalue weighted by Crippen LogP contribution is 2.49. The van der Waals surface area contributed by atoms with E-state index < -0.39 is 0 Å². The van der Waals surface area contributed by atoms with Gasteiger partial charge in [-0.3, -0.25) is 9.69 Å². The number of aromatic nitrogens is 1. The van der Waals surface area contributed by atoms with Gasteiger partial charge in [0, 0.05) is 18.3 Å². The first-order chi connectivity index (χ1) is 11.8. The number of thiazole rings is 1. The predicted octanol–water partition coefficient (Wildman–Crippen LogP) is 4.28. The quantitative estimate of drug-likeness (QED) is 0.864. The zero-order valence-corrected chi connectivity index (χ0v) is 15.3. The van der Waals surface area contributed by atoms with E-state index in [0.717, 1.165) is 29.2 Å². The number of nitrogens with one attached hydrogen (secondary N) is 1. The third kappa shape index (κ3) is 3.99. The summed E-state index contributed by atoms with van der Waals surface area (Å²) in [5.41, 5.74) is 1.11. The number of hydrogen-bond donors (Lipinski definition) is 1. The predicted molar refractivity (Wildman–Crippen MR) is 98.0 cm³/mol. The first kappa shape index (κ1) is 16.5. The zero-order valence-electron chi connectivity index (χ0n) is 14.5. The molecule has 3 atom stereocenters. The van der Waals surface area contributed by atoms with E-state index in [0.29, 0.717) is 12.3 Å². The number of likely N-dealkylation sites (tertiary alicyclic amines) is 1. The van der Waals surface area contributed by atoms with E-state index in [9.17, 15) is 4.79 Å². The molecule has 0 spiro atoms. The molecule has 0 aromatic carbocycles. The molecule has 132 valence electrons. The molecule has 1 saturated heterocycles. The number of fused-ring (bicyclic) bond motifs is 2. The monoisotopic (exact) mass is 347 g/mol. The Labute approximate surface area is 149 Å². The highest BCUT2D eigenvalue weighted by molar-refractivity contribution is 7.13. The second-order valence-corrected chi connectivity index (χ2v) is 8.88. The number of anilines is 1. The van der Waals surface area contributed by atoms with E-state index in [4.69, 9.17) is 0 Å². The van der Waals surface area contributed by atoms with E-state index in [-0.39, 0.29) is 5.91 Å². The summed E-state index contributed by atoms with van der Waals surface area (Å²) in [5, 5.41) is 5.94. The Hall–Kier alpha value is -0.940. The molecule has 3 fully saturated rings. The first-order valence-corrected chi connectivity index (χ1v) is 10.6. The minimum atomic E-state index is 0.170. The van der Waals surface area contributed by atoms with Gasteiger partial charge < -0.3 is 5.32 Å². The topological polar surface area (TPSA) is 45.2 Å². The number of rotatable bonds is 5. The van der Waals surface area contributed by atoms with E-state index in [2.05, 4.69) is 20.6 Å². The van der Waals surface area contributed by atoms with E-state index in [1.165, 1.54) is 64.5 Å². The summed E-state index contributed by atoms with van der Waals surface area (Å²) in [7, 11) is 0. The molecule has 0 unspecified atom stereocenters. The van der Waals surface area contributed by atoms with E-state index in [1.807, 2.05) is 0 Å². The molecule has 2 bridgehead atoms. The molecule has 2 aliphatic carbocycles. The van der Waals surface area contributed by atoms with Gasteiger partial charge in [-0.05, 0) is 62.9 Å². The lowest BCUT2D eigenvalue weighted by atomic mass is 9.86. The SMILES string of the molecule is O=C(C[C@H]1C[C@H]2CC[C@H]1C2)Nc1nc(CN2CCCCCC2)cs1. The fraction of sp³-hybridized carbons (Fsp3) is 0.789. The molecule has 1 aliphatic heterocycles. The smallest absolute Gasteiger partial charge is 0.226 e. The molecule has 1 N–H and O–H groups in total. The van der Waals surface area contributed by atoms with Crippen molar-refractivity contribution >= 4 is 22.4 Å². The second kappa shape index (κ2) is 7.52. The molecule has 4 rings (SSSR count). The largest absolute Gasteiger partial charge is 0.302 e. The molecule has 2 saturated carbocycles. The van der Waals surface area contributed by atoms with Crippen molar-refractivity contribution in [2.24, 2.45) is 17.8 Å². The Balaban J connectivity index is 1.26. The lowest BCUT2D eigenvalue weighted by molar-refractivity contribution is -0.117. The Bertz CT molecular complexity index is 565. The molecule has 4 nitrogen and oxygen atoms in total. The summed E-state index contributed by atoms with van der Waals surface area (Å²) in [4.78, 5) is 19.5. The molecular formula is C19H29N3OS. The Morgan fingerprint density at radius 2 is 2.04 bits per heavy atom. The number of amides is 1. The summed E-state index contributed by atoms with van der Waals surface area (Å²) in [6.07, 6.45) is 11.4. The first-order valence-electron chi connectivity index (χ1n) is 9.73. The van der Waals surface area contributed by atoms with Gasteiger partial charge in [-0.15, -0.1) is 11.3 Å². The van der Waals surface area contributed by atoms with Gasteiger partial charge in [0.1, 0.15) is 0 Å². The number of carbonyl (C=O) groups excluding carboxylic acids is 1. The highest BCUT2D eigenvalue weighted by Gasteiger charge is 2.40. The van der Waals surface area contributed by atoms with Gasteiger partial charge in [0.05, 0.1) is 5.69 Å². The van der Waals surface area contributed by atoms with Crippen LogP contribution in [0.4, 0.5) is 5.13 Å². The van der Waals surface area contributed by atoms with Crippen molar-refractivity contribution < 1.29 is 4.79 Å². The lowest BCUT2D eigenvalue weighted by Crippen LogP contribution is -2.24. The van der Waals surface area contributed by atoms with Crippen LogP contribution in [0.3, 0.4) is 0 Å². The summed E-state index contributed by atoms with van der Waals surface area (Å²) in [5.74, 6) is 2.52. The van der Waals surface area contributed by atoms with Gasteiger partial charge in [-0.1, -0.05) is 19.3 Å². The van der Waals surface area contributed by atoms with Crippen LogP contribution in [0.2, 0.25) is 0 Å². The van der Waals surface area contributed by atoms with Crippen molar-refractivity contribution in [3.63, 3.8) is 0 Å². The molecule has 5 heteroatoms. The number of hydrogen-bond acceptors (Lipinski definition) is 4. The van der Waals surface area contributed by atoms with Gasteiger partial charge in [-0.2, -0.15) is 0 Å². The van der Waals surface area contributed by atoms with Gasteiger partial charge in [0.25, 0.3) is 0 Å².